The molecule has 2 heteroatoms. The molecule has 4 rings (SSSR count). The van der Waals surface area contributed by atoms with Crippen molar-refractivity contribution in [1.82, 2.24) is 4.90 Å². The van der Waals surface area contributed by atoms with E-state index in [2.05, 4.69) is 18.0 Å². The van der Waals surface area contributed by atoms with Crippen LogP contribution in [0.1, 0.15) is 49.3 Å². The molecule has 0 saturated heterocycles. The number of fused-ring (bicyclic) bond motifs is 3. The van der Waals surface area contributed by atoms with Gasteiger partial charge in [-0.15, -0.1) is 0 Å². The zero-order valence-corrected chi connectivity index (χ0v) is 12.4. The minimum atomic E-state index is 0.498. The molecule has 0 radical (unpaired) electrons. The Morgan fingerprint density at radius 2 is 2.10 bits per heavy atom. The van der Waals surface area contributed by atoms with E-state index < -0.39 is 0 Å². The lowest BCUT2D eigenvalue weighted by molar-refractivity contribution is 0.172. The zero-order valence-electron chi connectivity index (χ0n) is 12.4. The van der Waals surface area contributed by atoms with E-state index in [1.165, 1.54) is 49.8 Å². The molecular formula is C18H25NO. The molecule has 0 aromatic heterocycles. The fraction of sp³-hybridized carbons (Fsp3) is 0.667. The summed E-state index contributed by atoms with van der Waals surface area (Å²) in [7, 11) is 2.29. The van der Waals surface area contributed by atoms with E-state index in [9.17, 15) is 5.11 Å². The minimum absolute atomic E-state index is 0.498. The van der Waals surface area contributed by atoms with Crippen LogP contribution in [0.5, 0.6) is 5.75 Å². The van der Waals surface area contributed by atoms with Gasteiger partial charge in [0.25, 0.3) is 0 Å². The third-order valence-electron chi connectivity index (χ3n) is 6.15. The van der Waals surface area contributed by atoms with Gasteiger partial charge < -0.3 is 5.11 Å². The first-order chi connectivity index (χ1) is 9.72. The molecule has 108 valence electrons. The van der Waals surface area contributed by atoms with E-state index in [1.54, 1.807) is 0 Å². The largest absolute Gasteiger partial charge is 0.508 e. The summed E-state index contributed by atoms with van der Waals surface area (Å²) >= 11 is 0. The van der Waals surface area contributed by atoms with Gasteiger partial charge in [-0.3, -0.25) is 4.90 Å². The Bertz CT molecular complexity index is 512. The van der Waals surface area contributed by atoms with E-state index in [-0.39, 0.29) is 0 Å². The standard InChI is InChI=1S/C18H25NO/c1-19(11-14-10-12-5-6-13(14)9-12)17-8-7-16-15(17)3-2-4-18(16)20/h2-4,12-14,17,20H,5-11H2,1H3. The predicted octanol–water partition coefficient (Wildman–Crippen LogP) is 3.75. The second-order valence-electron chi connectivity index (χ2n) is 7.27. The molecule has 20 heavy (non-hydrogen) atoms. The molecule has 1 N–H and O–H groups in total. The van der Waals surface area contributed by atoms with Crippen molar-refractivity contribution in [3.8, 4) is 5.75 Å². The normalized spacial score (nSPS) is 34.9. The summed E-state index contributed by atoms with van der Waals surface area (Å²) in [6.45, 7) is 1.25. The van der Waals surface area contributed by atoms with Gasteiger partial charge in [0, 0.05) is 12.6 Å². The third kappa shape index (κ3) is 1.96. The van der Waals surface area contributed by atoms with Gasteiger partial charge in [-0.2, -0.15) is 0 Å². The Hall–Kier alpha value is -1.02. The number of phenols is 1. The average Bonchev–Trinajstić information content (AvgIpc) is 3.12. The molecule has 4 atom stereocenters. The highest BCUT2D eigenvalue weighted by Gasteiger charge is 2.40. The monoisotopic (exact) mass is 271 g/mol. The Morgan fingerprint density at radius 3 is 2.85 bits per heavy atom. The van der Waals surface area contributed by atoms with Crippen molar-refractivity contribution >= 4 is 0 Å². The van der Waals surface area contributed by atoms with Crippen molar-refractivity contribution in [2.75, 3.05) is 13.6 Å². The Balaban J connectivity index is 1.48. The van der Waals surface area contributed by atoms with Crippen LogP contribution in [0.15, 0.2) is 18.2 Å². The summed E-state index contributed by atoms with van der Waals surface area (Å²) in [4.78, 5) is 2.57. The van der Waals surface area contributed by atoms with Crippen molar-refractivity contribution in [2.24, 2.45) is 17.8 Å². The van der Waals surface area contributed by atoms with Gasteiger partial charge in [-0.1, -0.05) is 18.6 Å². The average molecular weight is 271 g/mol. The number of benzene rings is 1. The summed E-state index contributed by atoms with van der Waals surface area (Å²) in [6.07, 6.45) is 8.14. The minimum Gasteiger partial charge on any atom is -0.508 e. The van der Waals surface area contributed by atoms with Crippen LogP contribution in [0.2, 0.25) is 0 Å². The van der Waals surface area contributed by atoms with Crippen LogP contribution in [0.3, 0.4) is 0 Å². The van der Waals surface area contributed by atoms with Gasteiger partial charge in [-0.25, -0.2) is 0 Å². The quantitative estimate of drug-likeness (QED) is 0.905. The molecule has 4 unspecified atom stereocenters. The predicted molar refractivity (Wildman–Crippen MR) is 80.7 cm³/mol. The molecule has 0 heterocycles. The molecule has 0 amide bonds. The first-order valence-electron chi connectivity index (χ1n) is 8.23. The molecule has 2 fully saturated rings. The van der Waals surface area contributed by atoms with E-state index in [4.69, 9.17) is 0 Å². The second kappa shape index (κ2) is 4.77. The van der Waals surface area contributed by atoms with Crippen LogP contribution >= 0.6 is 0 Å². The van der Waals surface area contributed by atoms with Gasteiger partial charge in [0.15, 0.2) is 0 Å². The molecule has 0 spiro atoms. The highest BCUT2D eigenvalue weighted by molar-refractivity contribution is 5.44. The molecule has 2 saturated carbocycles. The number of rotatable bonds is 3. The Labute approximate surface area is 121 Å². The first-order valence-corrected chi connectivity index (χ1v) is 8.23. The van der Waals surface area contributed by atoms with Gasteiger partial charge in [0.05, 0.1) is 0 Å². The molecular weight excluding hydrogens is 246 g/mol. The maximum atomic E-state index is 9.98. The maximum Gasteiger partial charge on any atom is 0.119 e. The van der Waals surface area contributed by atoms with E-state index in [0.717, 1.165) is 24.2 Å². The van der Waals surface area contributed by atoms with Crippen LogP contribution in [-0.4, -0.2) is 23.6 Å². The van der Waals surface area contributed by atoms with Crippen LogP contribution in [0.4, 0.5) is 0 Å². The number of hydrogen-bond acceptors (Lipinski definition) is 2. The summed E-state index contributed by atoms with van der Waals surface area (Å²) in [6, 6.07) is 6.56. The summed E-state index contributed by atoms with van der Waals surface area (Å²) in [5.41, 5.74) is 2.56. The number of phenolic OH excluding ortho intramolecular Hbond substituents is 1. The number of aromatic hydroxyl groups is 1. The van der Waals surface area contributed by atoms with Crippen LogP contribution in [-0.2, 0) is 6.42 Å². The fourth-order valence-electron chi connectivity index (χ4n) is 5.17. The highest BCUT2D eigenvalue weighted by Crippen LogP contribution is 2.49. The van der Waals surface area contributed by atoms with E-state index in [1.807, 2.05) is 12.1 Å². The lowest BCUT2D eigenvalue weighted by atomic mass is 9.88. The molecule has 2 nitrogen and oxygen atoms in total. The van der Waals surface area contributed by atoms with Crippen molar-refractivity contribution in [3.05, 3.63) is 29.3 Å². The first kappa shape index (κ1) is 12.7. The molecule has 3 aliphatic rings. The summed E-state index contributed by atoms with van der Waals surface area (Å²) in [5, 5.41) is 9.98. The van der Waals surface area contributed by atoms with Gasteiger partial charge in [0.1, 0.15) is 5.75 Å². The fourth-order valence-corrected chi connectivity index (χ4v) is 5.17. The van der Waals surface area contributed by atoms with Crippen molar-refractivity contribution in [3.63, 3.8) is 0 Å². The number of hydrogen-bond donors (Lipinski definition) is 1. The van der Waals surface area contributed by atoms with E-state index >= 15 is 0 Å². The van der Waals surface area contributed by atoms with Crippen LogP contribution in [0, 0.1) is 17.8 Å². The summed E-state index contributed by atoms with van der Waals surface area (Å²) < 4.78 is 0. The lowest BCUT2D eigenvalue weighted by Crippen LogP contribution is -2.31. The van der Waals surface area contributed by atoms with Crippen molar-refractivity contribution in [2.45, 2.75) is 44.6 Å². The maximum absolute atomic E-state index is 9.98. The lowest BCUT2D eigenvalue weighted by Gasteiger charge is -2.31. The Morgan fingerprint density at radius 1 is 1.20 bits per heavy atom. The zero-order chi connectivity index (χ0) is 13.7. The molecule has 3 aliphatic carbocycles. The smallest absolute Gasteiger partial charge is 0.119 e. The number of nitrogens with zero attached hydrogens (tertiary/aromatic N) is 1. The SMILES string of the molecule is CN(CC1CC2CCC1C2)C1CCc2c(O)cccc21. The van der Waals surface area contributed by atoms with E-state index in [0.29, 0.717) is 11.8 Å². The highest BCUT2D eigenvalue weighted by atomic mass is 16.3. The summed E-state index contributed by atoms with van der Waals surface area (Å²) in [5.74, 6) is 3.48. The Kier molecular flexibility index (Phi) is 3.03. The molecule has 0 aliphatic heterocycles. The van der Waals surface area contributed by atoms with Crippen molar-refractivity contribution in [1.29, 1.82) is 0 Å². The van der Waals surface area contributed by atoms with Gasteiger partial charge >= 0.3 is 0 Å². The van der Waals surface area contributed by atoms with Gasteiger partial charge in [-0.05, 0) is 74.1 Å². The third-order valence-corrected chi connectivity index (χ3v) is 6.15. The van der Waals surface area contributed by atoms with Gasteiger partial charge in [0.2, 0.25) is 0 Å². The topological polar surface area (TPSA) is 23.5 Å². The van der Waals surface area contributed by atoms with Crippen LogP contribution in [0.25, 0.3) is 0 Å². The second-order valence-corrected chi connectivity index (χ2v) is 7.27. The molecule has 2 bridgehead atoms. The van der Waals surface area contributed by atoms with Crippen LogP contribution < -0.4 is 0 Å². The van der Waals surface area contributed by atoms with Crippen molar-refractivity contribution < 1.29 is 5.11 Å². The molecule has 1 aromatic rings. The molecule has 1 aromatic carbocycles.